The number of carbonyl (C=O) groups is 1. The molecule has 1 N–H and O–H groups in total. The van der Waals surface area contributed by atoms with Gasteiger partial charge < -0.3 is 10.2 Å². The zero-order valence-corrected chi connectivity index (χ0v) is 19.0. The van der Waals surface area contributed by atoms with Crippen molar-refractivity contribution in [2.24, 2.45) is 0 Å². The van der Waals surface area contributed by atoms with Crippen LogP contribution in [0.15, 0.2) is 58.9 Å². The van der Waals surface area contributed by atoms with Gasteiger partial charge in [-0.1, -0.05) is 24.3 Å². The molecule has 7 nitrogen and oxygen atoms in total. The number of nitrogens with zero attached hydrogens (tertiary/aromatic N) is 3. The minimum absolute atomic E-state index is 0.0677. The van der Waals surface area contributed by atoms with Gasteiger partial charge in [0.1, 0.15) is 15.6 Å². The van der Waals surface area contributed by atoms with Crippen LogP contribution < -0.4 is 10.2 Å². The summed E-state index contributed by atoms with van der Waals surface area (Å²) in [6, 6.07) is 13.1. The van der Waals surface area contributed by atoms with E-state index in [0.29, 0.717) is 19.5 Å². The van der Waals surface area contributed by atoms with E-state index in [0.717, 1.165) is 28.3 Å². The highest BCUT2D eigenvalue weighted by molar-refractivity contribution is 7.89. The molecule has 9 heteroatoms. The highest BCUT2D eigenvalue weighted by Gasteiger charge is 2.32. The Kier molecular flexibility index (Phi) is 6.08. The molecular weight excluding hydrogens is 432 g/mol. The van der Waals surface area contributed by atoms with E-state index in [-0.39, 0.29) is 16.3 Å². The maximum Gasteiger partial charge on any atom is 0.263 e. The van der Waals surface area contributed by atoms with Crippen LogP contribution in [-0.2, 0) is 29.5 Å². The Morgan fingerprint density at radius 1 is 1.19 bits per heavy atom. The van der Waals surface area contributed by atoms with Gasteiger partial charge >= 0.3 is 0 Å². The van der Waals surface area contributed by atoms with E-state index in [1.165, 1.54) is 15.9 Å². The zero-order chi connectivity index (χ0) is 22.0. The van der Waals surface area contributed by atoms with Gasteiger partial charge in [0.15, 0.2) is 0 Å². The lowest BCUT2D eigenvalue weighted by Crippen LogP contribution is -2.36. The van der Waals surface area contributed by atoms with E-state index in [4.69, 9.17) is 0 Å². The van der Waals surface area contributed by atoms with E-state index >= 15 is 0 Å². The molecule has 0 fully saturated rings. The Hall–Kier alpha value is -2.75. The number of nitrogens with one attached hydrogen (secondary N) is 1. The predicted octanol–water partition coefficient (Wildman–Crippen LogP) is 2.89. The summed E-state index contributed by atoms with van der Waals surface area (Å²) < 4.78 is 28.1. The highest BCUT2D eigenvalue weighted by atomic mass is 32.2. The molecule has 1 aliphatic rings. The Balaban J connectivity index is 1.50. The largest absolute Gasteiger partial charge is 0.363 e. The first-order chi connectivity index (χ1) is 14.9. The summed E-state index contributed by atoms with van der Waals surface area (Å²) in [4.78, 5) is 19.3. The van der Waals surface area contributed by atoms with Crippen LogP contribution in [0.3, 0.4) is 0 Å². The Bertz CT molecular complexity index is 1200. The van der Waals surface area contributed by atoms with E-state index in [1.807, 2.05) is 55.4 Å². The molecule has 3 heterocycles. The third-order valence-electron chi connectivity index (χ3n) is 5.27. The van der Waals surface area contributed by atoms with Crippen molar-refractivity contribution in [1.29, 1.82) is 0 Å². The summed E-state index contributed by atoms with van der Waals surface area (Å²) >= 11 is 1.14. The van der Waals surface area contributed by atoms with Gasteiger partial charge in [-0.3, -0.25) is 4.79 Å². The molecule has 1 amide bonds. The van der Waals surface area contributed by atoms with Gasteiger partial charge in [0, 0.05) is 39.9 Å². The van der Waals surface area contributed by atoms with Crippen molar-refractivity contribution in [1.82, 2.24) is 14.6 Å². The zero-order valence-electron chi connectivity index (χ0n) is 17.4. The Morgan fingerprint density at radius 2 is 1.97 bits per heavy atom. The van der Waals surface area contributed by atoms with Gasteiger partial charge in [-0.2, -0.15) is 4.31 Å². The lowest BCUT2D eigenvalue weighted by atomic mass is 10.0. The van der Waals surface area contributed by atoms with Crippen LogP contribution in [0.1, 0.15) is 26.4 Å². The fourth-order valence-electron chi connectivity index (χ4n) is 3.56. The van der Waals surface area contributed by atoms with Crippen LogP contribution >= 0.6 is 11.3 Å². The lowest BCUT2D eigenvalue weighted by molar-refractivity contribution is 0.0952. The number of sulfonamides is 1. The van der Waals surface area contributed by atoms with Gasteiger partial charge in [-0.25, -0.2) is 13.4 Å². The third-order valence-corrected chi connectivity index (χ3v) is 8.20. The quantitative estimate of drug-likeness (QED) is 0.617. The second-order valence-electron chi connectivity index (χ2n) is 7.57. The van der Waals surface area contributed by atoms with Crippen molar-refractivity contribution >= 4 is 33.1 Å². The van der Waals surface area contributed by atoms with E-state index in [1.54, 1.807) is 11.6 Å². The minimum Gasteiger partial charge on any atom is -0.363 e. The maximum atomic E-state index is 13.3. The van der Waals surface area contributed by atoms with E-state index in [2.05, 4.69) is 10.3 Å². The summed E-state index contributed by atoms with van der Waals surface area (Å²) in [5.41, 5.74) is 3.07. The molecule has 0 radical (unpaired) electrons. The molecule has 31 heavy (non-hydrogen) atoms. The van der Waals surface area contributed by atoms with Crippen LogP contribution in [0.25, 0.3) is 0 Å². The summed E-state index contributed by atoms with van der Waals surface area (Å²) in [6.07, 6.45) is 2.35. The first kappa shape index (κ1) is 21.5. The molecule has 0 saturated heterocycles. The molecule has 2 aromatic heterocycles. The average molecular weight is 457 g/mol. The summed E-state index contributed by atoms with van der Waals surface area (Å²) in [6.45, 7) is 1.01. The van der Waals surface area contributed by atoms with Crippen LogP contribution in [0.2, 0.25) is 0 Å². The first-order valence-corrected chi connectivity index (χ1v) is 12.2. The smallest absolute Gasteiger partial charge is 0.263 e. The monoisotopic (exact) mass is 456 g/mol. The number of carbonyl (C=O) groups excluding carboxylic acids is 1. The molecule has 0 bridgehead atoms. The van der Waals surface area contributed by atoms with Crippen LogP contribution in [0.5, 0.6) is 0 Å². The number of hydrogen-bond donors (Lipinski definition) is 1. The minimum atomic E-state index is -3.77. The number of pyridine rings is 1. The van der Waals surface area contributed by atoms with Crippen LogP contribution in [-0.4, -0.2) is 44.3 Å². The number of amides is 1. The van der Waals surface area contributed by atoms with Crippen molar-refractivity contribution in [3.8, 4) is 0 Å². The van der Waals surface area contributed by atoms with Crippen molar-refractivity contribution in [3.63, 3.8) is 0 Å². The fourth-order valence-corrected chi connectivity index (χ4v) is 6.29. The highest BCUT2D eigenvalue weighted by Crippen LogP contribution is 2.29. The fraction of sp³-hybridized carbons (Fsp3) is 0.273. The Morgan fingerprint density at radius 3 is 2.74 bits per heavy atom. The number of benzene rings is 1. The number of fused-ring (bicyclic) bond motifs is 1. The molecule has 4 rings (SSSR count). The Labute approximate surface area is 186 Å². The number of aromatic nitrogens is 1. The standard InChI is InChI=1S/C22H24N4O3S2/c1-25(2)20-13-16(7-10-23-20)14-24-22(27)21-19(9-12-30-21)31(28,29)26-11-8-17-5-3-4-6-18(17)15-26/h3-7,9-10,12-13H,8,11,14-15H2,1-2H3,(H,24,27). The molecule has 3 aromatic rings. The molecule has 0 unspecified atom stereocenters. The average Bonchev–Trinajstić information content (AvgIpc) is 3.28. The normalized spacial score (nSPS) is 14.1. The molecule has 162 valence electrons. The van der Waals surface area contributed by atoms with Gasteiger partial charge in [0.25, 0.3) is 5.91 Å². The van der Waals surface area contributed by atoms with Gasteiger partial charge in [-0.05, 0) is 46.7 Å². The molecule has 0 atom stereocenters. The van der Waals surface area contributed by atoms with E-state index < -0.39 is 15.9 Å². The summed E-state index contributed by atoms with van der Waals surface area (Å²) in [5.74, 6) is 0.394. The number of thiophene rings is 1. The second kappa shape index (κ2) is 8.78. The molecule has 1 aromatic carbocycles. The van der Waals surface area contributed by atoms with Gasteiger partial charge in [0.2, 0.25) is 10.0 Å². The van der Waals surface area contributed by atoms with Crippen LogP contribution in [0, 0.1) is 0 Å². The van der Waals surface area contributed by atoms with Crippen LogP contribution in [0.4, 0.5) is 5.82 Å². The topological polar surface area (TPSA) is 82.6 Å². The van der Waals surface area contributed by atoms with E-state index in [9.17, 15) is 13.2 Å². The first-order valence-electron chi connectivity index (χ1n) is 9.91. The molecule has 1 aliphatic heterocycles. The maximum absolute atomic E-state index is 13.3. The van der Waals surface area contributed by atoms with Crippen molar-refractivity contribution in [2.75, 3.05) is 25.5 Å². The second-order valence-corrected chi connectivity index (χ2v) is 10.4. The lowest BCUT2D eigenvalue weighted by Gasteiger charge is -2.28. The number of rotatable bonds is 6. The van der Waals surface area contributed by atoms with Crippen molar-refractivity contribution in [2.45, 2.75) is 24.4 Å². The number of hydrogen-bond acceptors (Lipinski definition) is 6. The number of anilines is 1. The van der Waals surface area contributed by atoms with Gasteiger partial charge in [0.05, 0.1) is 0 Å². The molecule has 0 aliphatic carbocycles. The van der Waals surface area contributed by atoms with Crippen molar-refractivity contribution < 1.29 is 13.2 Å². The SMILES string of the molecule is CN(C)c1cc(CNC(=O)c2sccc2S(=O)(=O)N2CCc3ccccc3C2)ccn1. The summed E-state index contributed by atoms with van der Waals surface area (Å²) in [5, 5.41) is 4.49. The summed E-state index contributed by atoms with van der Waals surface area (Å²) in [7, 11) is 0.0189. The molecule has 0 saturated carbocycles. The van der Waals surface area contributed by atoms with Gasteiger partial charge in [-0.15, -0.1) is 11.3 Å². The molecule has 0 spiro atoms. The third kappa shape index (κ3) is 4.48. The van der Waals surface area contributed by atoms with Crippen molar-refractivity contribution in [3.05, 3.63) is 75.6 Å². The molecular formula is C22H24N4O3S2. The predicted molar refractivity (Wildman–Crippen MR) is 122 cm³/mol.